The van der Waals surface area contributed by atoms with Crippen molar-refractivity contribution >= 4 is 11.8 Å². The summed E-state index contributed by atoms with van der Waals surface area (Å²) in [4.78, 5) is 23.1. The topological polar surface area (TPSA) is 63.6 Å². The van der Waals surface area contributed by atoms with Crippen LogP contribution in [0.15, 0.2) is 18.2 Å². The van der Waals surface area contributed by atoms with E-state index < -0.39 is 5.97 Å². The summed E-state index contributed by atoms with van der Waals surface area (Å²) in [5.41, 5.74) is 1.19. The van der Waals surface area contributed by atoms with Crippen molar-refractivity contribution in [2.24, 2.45) is 0 Å². The number of carboxylic acid groups (broad SMARTS) is 1. The van der Waals surface area contributed by atoms with Crippen LogP contribution in [0.25, 0.3) is 0 Å². The minimum Gasteiger partial charge on any atom is -0.478 e. The zero-order chi connectivity index (χ0) is 14.3. The Balaban J connectivity index is 2.88. The fourth-order valence-corrected chi connectivity index (χ4v) is 1.91. The number of unbranched alkanes of at least 4 members (excludes halogenated alkanes) is 2. The largest absolute Gasteiger partial charge is 0.478 e. The Morgan fingerprint density at radius 2 is 2.00 bits per heavy atom. The van der Waals surface area contributed by atoms with E-state index in [-0.39, 0.29) is 18.0 Å². The Morgan fingerprint density at radius 1 is 1.26 bits per heavy atom. The highest BCUT2D eigenvalue weighted by Crippen LogP contribution is 2.16. The number of hydrogen-bond acceptors (Lipinski definition) is 3. The molecule has 1 N–H and O–H groups in total. The van der Waals surface area contributed by atoms with Crippen molar-refractivity contribution in [2.75, 3.05) is 7.11 Å². The van der Waals surface area contributed by atoms with Gasteiger partial charge in [-0.15, -0.1) is 0 Å². The van der Waals surface area contributed by atoms with Crippen molar-refractivity contribution in [3.8, 4) is 0 Å². The number of carbonyl (C=O) groups is 2. The van der Waals surface area contributed by atoms with Gasteiger partial charge in [0.15, 0.2) is 5.78 Å². The number of rotatable bonds is 8. The number of carbonyl (C=O) groups excluding carboxylic acids is 1. The number of benzene rings is 1. The van der Waals surface area contributed by atoms with Gasteiger partial charge in [-0.05, 0) is 18.1 Å². The van der Waals surface area contributed by atoms with Crippen LogP contribution < -0.4 is 0 Å². The molecule has 104 valence electrons. The first kappa shape index (κ1) is 15.4. The Morgan fingerprint density at radius 3 is 2.58 bits per heavy atom. The first-order valence-electron chi connectivity index (χ1n) is 6.48. The van der Waals surface area contributed by atoms with Gasteiger partial charge in [0.25, 0.3) is 0 Å². The SMILES string of the molecule is CCCCCC(=O)c1ccc(COC)c(C(=O)O)c1. The Labute approximate surface area is 113 Å². The monoisotopic (exact) mass is 264 g/mol. The number of aromatic carboxylic acids is 1. The lowest BCUT2D eigenvalue weighted by Gasteiger charge is -2.07. The molecule has 0 fully saturated rings. The van der Waals surface area contributed by atoms with E-state index in [1.54, 1.807) is 12.1 Å². The summed E-state index contributed by atoms with van der Waals surface area (Å²) >= 11 is 0. The van der Waals surface area contributed by atoms with Crippen LogP contribution in [0, 0.1) is 0 Å². The van der Waals surface area contributed by atoms with Crippen molar-refractivity contribution in [3.05, 3.63) is 34.9 Å². The van der Waals surface area contributed by atoms with E-state index in [0.717, 1.165) is 19.3 Å². The second kappa shape index (κ2) is 7.69. The predicted octanol–water partition coefficient (Wildman–Crippen LogP) is 3.29. The molecule has 0 saturated carbocycles. The van der Waals surface area contributed by atoms with Gasteiger partial charge in [0.1, 0.15) is 0 Å². The van der Waals surface area contributed by atoms with Crippen LogP contribution in [-0.2, 0) is 11.3 Å². The van der Waals surface area contributed by atoms with Gasteiger partial charge in [-0.2, -0.15) is 0 Å². The van der Waals surface area contributed by atoms with E-state index in [4.69, 9.17) is 9.84 Å². The van der Waals surface area contributed by atoms with Gasteiger partial charge >= 0.3 is 5.97 Å². The molecule has 0 saturated heterocycles. The van der Waals surface area contributed by atoms with E-state index >= 15 is 0 Å². The maximum Gasteiger partial charge on any atom is 0.336 e. The maximum absolute atomic E-state index is 11.9. The van der Waals surface area contributed by atoms with Crippen molar-refractivity contribution < 1.29 is 19.4 Å². The summed E-state index contributed by atoms with van der Waals surface area (Å²) in [7, 11) is 1.51. The highest BCUT2D eigenvalue weighted by atomic mass is 16.5. The van der Waals surface area contributed by atoms with Gasteiger partial charge < -0.3 is 9.84 Å². The third-order valence-corrected chi connectivity index (χ3v) is 2.97. The van der Waals surface area contributed by atoms with Gasteiger partial charge in [0.2, 0.25) is 0 Å². The first-order chi connectivity index (χ1) is 9.10. The van der Waals surface area contributed by atoms with Gasteiger partial charge in [-0.3, -0.25) is 4.79 Å². The Bertz CT molecular complexity index is 451. The van der Waals surface area contributed by atoms with Crippen LogP contribution in [0.1, 0.15) is 58.9 Å². The number of ketones is 1. The van der Waals surface area contributed by atoms with Crippen molar-refractivity contribution in [3.63, 3.8) is 0 Å². The smallest absolute Gasteiger partial charge is 0.336 e. The third-order valence-electron chi connectivity index (χ3n) is 2.97. The lowest BCUT2D eigenvalue weighted by Crippen LogP contribution is -2.07. The molecule has 1 aromatic carbocycles. The molecule has 0 amide bonds. The summed E-state index contributed by atoms with van der Waals surface area (Å²) in [6.45, 7) is 2.30. The zero-order valence-corrected chi connectivity index (χ0v) is 11.4. The van der Waals surface area contributed by atoms with Crippen LogP contribution in [0.3, 0.4) is 0 Å². The molecular formula is C15H20O4. The van der Waals surface area contributed by atoms with Gasteiger partial charge in [-0.1, -0.05) is 31.9 Å². The molecule has 1 rings (SSSR count). The molecule has 1 aromatic rings. The summed E-state index contributed by atoms with van der Waals surface area (Å²) in [5.74, 6) is -1.03. The first-order valence-corrected chi connectivity index (χ1v) is 6.48. The molecule has 19 heavy (non-hydrogen) atoms. The molecule has 0 heterocycles. The van der Waals surface area contributed by atoms with Crippen LogP contribution in [-0.4, -0.2) is 24.0 Å². The average Bonchev–Trinajstić information content (AvgIpc) is 2.39. The average molecular weight is 264 g/mol. The molecule has 0 spiro atoms. The van der Waals surface area contributed by atoms with E-state index in [0.29, 0.717) is 17.5 Å². The molecule has 0 aliphatic rings. The molecular weight excluding hydrogens is 244 g/mol. The Kier molecular flexibility index (Phi) is 6.22. The van der Waals surface area contributed by atoms with Crippen molar-refractivity contribution in [1.82, 2.24) is 0 Å². The highest BCUT2D eigenvalue weighted by molar-refractivity contribution is 5.99. The van der Waals surface area contributed by atoms with Gasteiger partial charge in [0, 0.05) is 19.1 Å². The second-order valence-corrected chi connectivity index (χ2v) is 4.49. The highest BCUT2D eigenvalue weighted by Gasteiger charge is 2.14. The molecule has 0 unspecified atom stereocenters. The molecule has 0 radical (unpaired) electrons. The van der Waals surface area contributed by atoms with E-state index in [1.165, 1.54) is 13.2 Å². The predicted molar refractivity (Wildman–Crippen MR) is 72.6 cm³/mol. The molecule has 0 bridgehead atoms. The maximum atomic E-state index is 11.9. The lowest BCUT2D eigenvalue weighted by atomic mass is 9.99. The normalized spacial score (nSPS) is 10.4. The fraction of sp³-hybridized carbons (Fsp3) is 0.467. The molecule has 4 nitrogen and oxygen atoms in total. The van der Waals surface area contributed by atoms with Crippen LogP contribution >= 0.6 is 0 Å². The van der Waals surface area contributed by atoms with E-state index in [2.05, 4.69) is 6.92 Å². The summed E-state index contributed by atoms with van der Waals surface area (Å²) < 4.78 is 4.95. The second-order valence-electron chi connectivity index (χ2n) is 4.49. The molecule has 0 atom stereocenters. The Hall–Kier alpha value is -1.68. The van der Waals surface area contributed by atoms with Gasteiger partial charge in [0.05, 0.1) is 12.2 Å². The van der Waals surface area contributed by atoms with Crippen LogP contribution in [0.5, 0.6) is 0 Å². The summed E-state index contributed by atoms with van der Waals surface area (Å²) in [5, 5.41) is 9.15. The summed E-state index contributed by atoms with van der Waals surface area (Å²) in [6.07, 6.45) is 3.38. The standard InChI is InChI=1S/C15H20O4/c1-3-4-5-6-14(16)11-7-8-12(10-19-2)13(9-11)15(17)18/h7-9H,3-6,10H2,1-2H3,(H,17,18). The lowest BCUT2D eigenvalue weighted by molar-refractivity contribution is 0.0692. The number of methoxy groups -OCH3 is 1. The zero-order valence-electron chi connectivity index (χ0n) is 11.4. The third kappa shape index (κ3) is 4.48. The van der Waals surface area contributed by atoms with Crippen LogP contribution in [0.2, 0.25) is 0 Å². The molecule has 0 aliphatic carbocycles. The molecule has 4 heteroatoms. The molecule has 0 aromatic heterocycles. The number of carboxylic acids is 1. The minimum atomic E-state index is -1.03. The van der Waals surface area contributed by atoms with Gasteiger partial charge in [-0.25, -0.2) is 4.79 Å². The van der Waals surface area contributed by atoms with Crippen molar-refractivity contribution in [1.29, 1.82) is 0 Å². The molecule has 0 aliphatic heterocycles. The number of hydrogen-bond donors (Lipinski definition) is 1. The minimum absolute atomic E-state index is 0.0000770. The van der Waals surface area contributed by atoms with E-state index in [1.807, 2.05) is 0 Å². The van der Waals surface area contributed by atoms with Crippen molar-refractivity contribution in [2.45, 2.75) is 39.2 Å². The van der Waals surface area contributed by atoms with Crippen LogP contribution in [0.4, 0.5) is 0 Å². The fourth-order valence-electron chi connectivity index (χ4n) is 1.91. The summed E-state index contributed by atoms with van der Waals surface area (Å²) in [6, 6.07) is 4.78. The number of Topliss-reactive ketones (excluding diaryl/α,β-unsaturated/α-hetero) is 1. The quantitative estimate of drug-likeness (QED) is 0.578. The van der Waals surface area contributed by atoms with E-state index in [9.17, 15) is 9.59 Å². The number of ether oxygens (including phenoxy) is 1.